The Balaban J connectivity index is 1.38. The van der Waals surface area contributed by atoms with Gasteiger partial charge in [0.25, 0.3) is 0 Å². The van der Waals surface area contributed by atoms with Crippen molar-refractivity contribution < 1.29 is 4.79 Å². The van der Waals surface area contributed by atoms with E-state index in [1.165, 1.54) is 5.56 Å². The minimum Gasteiger partial charge on any atom is -0.315 e. The average molecular weight is 401 g/mol. The number of carbonyl (C=O) groups excluding carboxylic acids is 1. The number of anilines is 1. The molecule has 0 spiro atoms. The van der Waals surface area contributed by atoms with Crippen LogP contribution in [-0.4, -0.2) is 13.0 Å². The third-order valence-corrected chi connectivity index (χ3v) is 5.56. The van der Waals surface area contributed by atoms with Crippen molar-refractivity contribution in [3.63, 3.8) is 0 Å². The Kier molecular flexibility index (Phi) is 5.40. The zero-order valence-corrected chi connectivity index (χ0v) is 16.9. The van der Waals surface area contributed by atoms with Gasteiger partial charge in [-0.1, -0.05) is 53.9 Å². The summed E-state index contributed by atoms with van der Waals surface area (Å²) in [5, 5.41) is 6.90. The molecule has 4 heteroatoms. The monoisotopic (exact) mass is 400 g/mol. The number of hydrogen-bond acceptors (Lipinski definition) is 2. The fraction of sp³-hybridized carbons (Fsp3) is 0.160. The van der Waals surface area contributed by atoms with Crippen molar-refractivity contribution in [3.8, 4) is 23.0 Å². The summed E-state index contributed by atoms with van der Waals surface area (Å²) >= 11 is 5.93. The molecule has 3 aromatic rings. The second-order valence-corrected chi connectivity index (χ2v) is 7.63. The Morgan fingerprint density at radius 1 is 0.897 bits per heavy atom. The van der Waals surface area contributed by atoms with E-state index in [1.54, 1.807) is 0 Å². The molecule has 1 amide bonds. The number of rotatable bonds is 4. The summed E-state index contributed by atoms with van der Waals surface area (Å²) in [6, 6.07) is 23.4. The molecule has 1 aliphatic carbocycles. The molecule has 0 aliphatic heterocycles. The molecule has 0 unspecified atom stereocenters. The molecule has 0 saturated heterocycles. The molecule has 29 heavy (non-hydrogen) atoms. The molecule has 1 saturated carbocycles. The lowest BCUT2D eigenvalue weighted by Gasteiger charge is -2.14. The summed E-state index contributed by atoms with van der Waals surface area (Å²) in [6.45, 7) is 0. The van der Waals surface area contributed by atoms with E-state index >= 15 is 0 Å². The SMILES string of the molecule is CNC1(c2ccc(C#CC(=O)Nc3ccc(-c4ccc(Cl)cc4)cc3)cc2)CC1. The standard InChI is InChI=1S/C25H21ClN2O/c1-27-25(16-17-25)21-9-2-18(3-10-21)4-15-24(29)28-23-13-7-20(8-14-23)19-5-11-22(26)12-6-19/h2-3,5-14,27H,16-17H2,1H3,(H,28,29). The summed E-state index contributed by atoms with van der Waals surface area (Å²) < 4.78 is 0. The summed E-state index contributed by atoms with van der Waals surface area (Å²) in [5.74, 6) is 5.26. The fourth-order valence-corrected chi connectivity index (χ4v) is 3.49. The molecule has 3 nitrogen and oxygen atoms in total. The van der Waals surface area contributed by atoms with Gasteiger partial charge in [0.1, 0.15) is 0 Å². The first-order valence-electron chi connectivity index (χ1n) is 9.56. The van der Waals surface area contributed by atoms with Gasteiger partial charge in [-0.2, -0.15) is 0 Å². The minimum absolute atomic E-state index is 0.140. The average Bonchev–Trinajstić information content (AvgIpc) is 3.55. The van der Waals surface area contributed by atoms with E-state index in [0.717, 1.165) is 29.5 Å². The molecule has 1 fully saturated rings. The zero-order valence-electron chi connectivity index (χ0n) is 16.1. The third kappa shape index (κ3) is 4.51. The quantitative estimate of drug-likeness (QED) is 0.590. The molecular formula is C25H21ClN2O. The molecule has 1 aliphatic rings. The van der Waals surface area contributed by atoms with E-state index < -0.39 is 0 Å². The summed E-state index contributed by atoms with van der Waals surface area (Å²) in [5.41, 5.74) is 5.08. The van der Waals surface area contributed by atoms with Crippen molar-refractivity contribution in [1.82, 2.24) is 5.32 Å². The highest BCUT2D eigenvalue weighted by molar-refractivity contribution is 6.30. The van der Waals surface area contributed by atoms with Crippen LogP contribution in [0.1, 0.15) is 24.0 Å². The normalized spacial score (nSPS) is 13.9. The van der Waals surface area contributed by atoms with Gasteiger partial charge in [-0.15, -0.1) is 0 Å². The van der Waals surface area contributed by atoms with Crippen molar-refractivity contribution in [1.29, 1.82) is 0 Å². The van der Waals surface area contributed by atoms with Crippen LogP contribution >= 0.6 is 11.6 Å². The largest absolute Gasteiger partial charge is 0.315 e. The van der Waals surface area contributed by atoms with Crippen LogP contribution in [0.2, 0.25) is 5.02 Å². The van der Waals surface area contributed by atoms with Crippen LogP contribution in [0.15, 0.2) is 72.8 Å². The van der Waals surface area contributed by atoms with Gasteiger partial charge in [-0.05, 0) is 73.0 Å². The van der Waals surface area contributed by atoms with Crippen molar-refractivity contribution in [2.75, 3.05) is 12.4 Å². The molecule has 144 valence electrons. The number of nitrogens with one attached hydrogen (secondary N) is 2. The molecular weight excluding hydrogens is 380 g/mol. The van der Waals surface area contributed by atoms with Crippen LogP contribution in [0.3, 0.4) is 0 Å². The van der Waals surface area contributed by atoms with Gasteiger partial charge in [-0.3, -0.25) is 4.79 Å². The van der Waals surface area contributed by atoms with Gasteiger partial charge in [0.2, 0.25) is 0 Å². The molecule has 0 bridgehead atoms. The van der Waals surface area contributed by atoms with E-state index in [-0.39, 0.29) is 11.4 Å². The van der Waals surface area contributed by atoms with Crippen molar-refractivity contribution in [2.45, 2.75) is 18.4 Å². The third-order valence-electron chi connectivity index (χ3n) is 5.31. The van der Waals surface area contributed by atoms with Gasteiger partial charge in [-0.25, -0.2) is 0 Å². The molecule has 4 rings (SSSR count). The maximum atomic E-state index is 12.2. The predicted molar refractivity (Wildman–Crippen MR) is 119 cm³/mol. The Bertz CT molecular complexity index is 1070. The first-order chi connectivity index (χ1) is 14.1. The Morgan fingerprint density at radius 3 is 2.03 bits per heavy atom. The van der Waals surface area contributed by atoms with E-state index in [2.05, 4.69) is 34.6 Å². The highest BCUT2D eigenvalue weighted by atomic mass is 35.5. The Hall–Kier alpha value is -3.06. The van der Waals surface area contributed by atoms with Gasteiger partial charge in [0.15, 0.2) is 0 Å². The van der Waals surface area contributed by atoms with E-state index in [1.807, 2.05) is 67.7 Å². The van der Waals surface area contributed by atoms with Crippen LogP contribution in [-0.2, 0) is 10.3 Å². The van der Waals surface area contributed by atoms with Crippen LogP contribution in [0.25, 0.3) is 11.1 Å². The smallest absolute Gasteiger partial charge is 0.300 e. The second kappa shape index (κ2) is 8.13. The molecule has 0 heterocycles. The summed E-state index contributed by atoms with van der Waals surface area (Å²) in [4.78, 5) is 12.2. The summed E-state index contributed by atoms with van der Waals surface area (Å²) in [6.07, 6.45) is 2.32. The number of halogens is 1. The number of hydrogen-bond donors (Lipinski definition) is 2. The Morgan fingerprint density at radius 2 is 1.48 bits per heavy atom. The zero-order chi connectivity index (χ0) is 20.3. The summed E-state index contributed by atoms with van der Waals surface area (Å²) in [7, 11) is 1.99. The maximum absolute atomic E-state index is 12.2. The van der Waals surface area contributed by atoms with Gasteiger partial charge < -0.3 is 10.6 Å². The fourth-order valence-electron chi connectivity index (χ4n) is 3.36. The van der Waals surface area contributed by atoms with Crippen LogP contribution in [0.4, 0.5) is 5.69 Å². The maximum Gasteiger partial charge on any atom is 0.300 e. The first-order valence-corrected chi connectivity index (χ1v) is 9.94. The van der Waals surface area contributed by atoms with Crippen LogP contribution in [0, 0.1) is 11.8 Å². The predicted octanol–water partition coefficient (Wildman–Crippen LogP) is 5.21. The number of benzene rings is 3. The van der Waals surface area contributed by atoms with E-state index in [9.17, 15) is 4.79 Å². The van der Waals surface area contributed by atoms with E-state index in [4.69, 9.17) is 11.6 Å². The highest BCUT2D eigenvalue weighted by Gasteiger charge is 2.42. The lowest BCUT2D eigenvalue weighted by atomic mass is 10.0. The molecule has 0 radical (unpaired) electrons. The molecule has 0 aromatic heterocycles. The first kappa shape index (κ1) is 19.3. The van der Waals surface area contributed by atoms with Crippen LogP contribution in [0.5, 0.6) is 0 Å². The second-order valence-electron chi connectivity index (χ2n) is 7.20. The highest BCUT2D eigenvalue weighted by Crippen LogP contribution is 2.44. The van der Waals surface area contributed by atoms with Gasteiger partial charge in [0.05, 0.1) is 0 Å². The molecule has 3 aromatic carbocycles. The number of carbonyl (C=O) groups is 1. The van der Waals surface area contributed by atoms with Crippen molar-refractivity contribution in [2.24, 2.45) is 0 Å². The van der Waals surface area contributed by atoms with Gasteiger partial charge in [0, 0.05) is 27.7 Å². The molecule has 0 atom stereocenters. The lowest BCUT2D eigenvalue weighted by molar-refractivity contribution is -0.111. The van der Waals surface area contributed by atoms with Crippen molar-refractivity contribution in [3.05, 3.63) is 88.9 Å². The Labute approximate surface area is 176 Å². The van der Waals surface area contributed by atoms with Crippen LogP contribution < -0.4 is 10.6 Å². The van der Waals surface area contributed by atoms with E-state index in [0.29, 0.717) is 10.7 Å². The van der Waals surface area contributed by atoms with Gasteiger partial charge >= 0.3 is 5.91 Å². The minimum atomic E-state index is -0.331. The van der Waals surface area contributed by atoms with Crippen molar-refractivity contribution >= 4 is 23.2 Å². The lowest BCUT2D eigenvalue weighted by Crippen LogP contribution is -2.24. The molecule has 2 N–H and O–H groups in total. The number of amides is 1. The topological polar surface area (TPSA) is 41.1 Å².